The Balaban J connectivity index is 3.03. The van der Waals surface area contributed by atoms with E-state index in [2.05, 4.69) is 0 Å². The first-order valence-corrected chi connectivity index (χ1v) is 7.45. The second-order valence-electron chi connectivity index (χ2n) is 4.37. The van der Waals surface area contributed by atoms with Crippen LogP contribution in [0.1, 0.15) is 18.9 Å². The monoisotopic (exact) mass is 297 g/mol. The van der Waals surface area contributed by atoms with Crippen molar-refractivity contribution in [3.05, 3.63) is 39.9 Å². The molecule has 0 aromatic heterocycles. The number of hydrogen-bond donors (Lipinski definition) is 0. The van der Waals surface area contributed by atoms with Crippen LogP contribution < -0.4 is 0 Å². The average Bonchev–Trinajstić information content (AvgIpc) is 2.38. The first-order chi connectivity index (χ1) is 9.29. The predicted octanol–water partition coefficient (Wildman–Crippen LogP) is 1.66. The lowest BCUT2D eigenvalue weighted by Gasteiger charge is -2.22. The van der Waals surface area contributed by atoms with Crippen LogP contribution in [0.5, 0.6) is 0 Å². The molecule has 0 saturated carbocycles. The lowest BCUT2D eigenvalue weighted by atomic mass is 10.2. The summed E-state index contributed by atoms with van der Waals surface area (Å²) in [5.74, 6) is -0.462. The summed E-state index contributed by atoms with van der Waals surface area (Å²) in [4.78, 5) is 10.3. The third-order valence-corrected chi connectivity index (χ3v) is 4.89. The Labute approximate surface area is 117 Å². The van der Waals surface area contributed by atoms with Crippen molar-refractivity contribution in [1.29, 1.82) is 5.26 Å². The van der Waals surface area contributed by atoms with Crippen LogP contribution in [0.15, 0.2) is 24.3 Å². The second-order valence-corrected chi connectivity index (χ2v) is 6.40. The summed E-state index contributed by atoms with van der Waals surface area (Å²) in [5, 5.41) is 19.5. The zero-order chi connectivity index (χ0) is 15.3. The van der Waals surface area contributed by atoms with E-state index in [1.165, 1.54) is 25.2 Å². The molecule has 7 nitrogen and oxygen atoms in total. The lowest BCUT2D eigenvalue weighted by molar-refractivity contribution is -0.385. The molecule has 20 heavy (non-hydrogen) atoms. The maximum Gasteiger partial charge on any atom is 0.273 e. The Morgan fingerprint density at radius 2 is 2.05 bits per heavy atom. The van der Waals surface area contributed by atoms with E-state index in [0.717, 1.165) is 4.31 Å². The van der Waals surface area contributed by atoms with Gasteiger partial charge in [-0.3, -0.25) is 10.1 Å². The molecule has 0 heterocycles. The number of sulfonamides is 1. The molecular weight excluding hydrogens is 282 g/mol. The number of nitriles is 1. The minimum atomic E-state index is -3.71. The first-order valence-electron chi connectivity index (χ1n) is 5.84. The summed E-state index contributed by atoms with van der Waals surface area (Å²) in [6.07, 6.45) is 0.0621. The molecule has 108 valence electrons. The van der Waals surface area contributed by atoms with Crippen molar-refractivity contribution in [2.24, 2.45) is 0 Å². The number of rotatable bonds is 6. The van der Waals surface area contributed by atoms with Crippen LogP contribution in [0.3, 0.4) is 0 Å². The van der Waals surface area contributed by atoms with E-state index >= 15 is 0 Å². The summed E-state index contributed by atoms with van der Waals surface area (Å²) < 4.78 is 25.4. The number of hydrogen-bond acceptors (Lipinski definition) is 5. The molecule has 1 unspecified atom stereocenters. The van der Waals surface area contributed by atoms with Gasteiger partial charge in [0, 0.05) is 24.7 Å². The second kappa shape index (κ2) is 6.45. The lowest BCUT2D eigenvalue weighted by Crippen LogP contribution is -2.35. The van der Waals surface area contributed by atoms with Gasteiger partial charge in [0.2, 0.25) is 10.0 Å². The third-order valence-electron chi connectivity index (χ3n) is 2.97. The van der Waals surface area contributed by atoms with E-state index in [-0.39, 0.29) is 17.7 Å². The molecule has 0 bridgehead atoms. The van der Waals surface area contributed by atoms with Gasteiger partial charge >= 0.3 is 0 Å². The van der Waals surface area contributed by atoms with E-state index < -0.39 is 26.7 Å². The minimum absolute atomic E-state index is 0.0621. The van der Waals surface area contributed by atoms with Crippen LogP contribution in [-0.2, 0) is 15.8 Å². The minimum Gasteiger partial charge on any atom is -0.258 e. The number of nitro benzene ring substituents is 1. The van der Waals surface area contributed by atoms with Gasteiger partial charge in [0.25, 0.3) is 5.69 Å². The third kappa shape index (κ3) is 3.76. The Morgan fingerprint density at radius 3 is 2.60 bits per heavy atom. The first kappa shape index (κ1) is 16.1. The van der Waals surface area contributed by atoms with E-state index in [0.29, 0.717) is 0 Å². The Bertz CT molecular complexity index is 636. The van der Waals surface area contributed by atoms with Gasteiger partial charge in [-0.25, -0.2) is 12.7 Å². The topological polar surface area (TPSA) is 104 Å². The van der Waals surface area contributed by atoms with Crippen molar-refractivity contribution in [2.75, 3.05) is 7.05 Å². The number of para-hydroxylation sites is 1. The van der Waals surface area contributed by atoms with Crippen molar-refractivity contribution >= 4 is 15.7 Å². The standard InChI is InChI=1S/C12H15N3O4S/c1-10(7-8-13)14(2)20(18,19)9-11-5-3-4-6-12(11)15(16)17/h3-6,10H,7,9H2,1-2H3. The van der Waals surface area contributed by atoms with Gasteiger partial charge in [0.05, 0.1) is 23.2 Å². The summed E-state index contributed by atoms with van der Waals surface area (Å²) >= 11 is 0. The van der Waals surface area contributed by atoms with Gasteiger partial charge in [-0.05, 0) is 6.92 Å². The van der Waals surface area contributed by atoms with Gasteiger partial charge in [-0.1, -0.05) is 18.2 Å². The summed E-state index contributed by atoms with van der Waals surface area (Å²) in [5.41, 5.74) is -0.0917. The maximum atomic E-state index is 12.2. The van der Waals surface area contributed by atoms with Gasteiger partial charge in [0.1, 0.15) is 0 Å². The number of benzene rings is 1. The van der Waals surface area contributed by atoms with E-state index in [1.807, 2.05) is 6.07 Å². The average molecular weight is 297 g/mol. The fourth-order valence-electron chi connectivity index (χ4n) is 1.64. The zero-order valence-electron chi connectivity index (χ0n) is 11.2. The van der Waals surface area contributed by atoms with Crippen LogP contribution in [0.25, 0.3) is 0 Å². The molecule has 0 N–H and O–H groups in total. The van der Waals surface area contributed by atoms with E-state index in [4.69, 9.17) is 5.26 Å². The Hall–Kier alpha value is -1.98. The fraction of sp³-hybridized carbons (Fsp3) is 0.417. The van der Waals surface area contributed by atoms with Gasteiger partial charge in [-0.2, -0.15) is 5.26 Å². The molecular formula is C12H15N3O4S. The Morgan fingerprint density at radius 1 is 1.45 bits per heavy atom. The molecule has 1 rings (SSSR count). The molecule has 0 saturated heterocycles. The highest BCUT2D eigenvalue weighted by molar-refractivity contribution is 7.88. The van der Waals surface area contributed by atoms with Crippen molar-refractivity contribution in [3.63, 3.8) is 0 Å². The van der Waals surface area contributed by atoms with Crippen molar-refractivity contribution in [2.45, 2.75) is 25.1 Å². The molecule has 8 heteroatoms. The van der Waals surface area contributed by atoms with Crippen LogP contribution in [-0.4, -0.2) is 30.7 Å². The van der Waals surface area contributed by atoms with E-state index in [1.54, 1.807) is 13.0 Å². The molecule has 1 aromatic carbocycles. The maximum absolute atomic E-state index is 12.2. The van der Waals surface area contributed by atoms with Gasteiger partial charge < -0.3 is 0 Å². The predicted molar refractivity (Wildman–Crippen MR) is 73.2 cm³/mol. The molecule has 0 aliphatic rings. The normalized spacial score (nSPS) is 12.9. The van der Waals surface area contributed by atoms with Crippen LogP contribution in [0.4, 0.5) is 5.69 Å². The van der Waals surface area contributed by atoms with E-state index in [9.17, 15) is 18.5 Å². The molecule has 0 radical (unpaired) electrons. The van der Waals surface area contributed by atoms with Crippen LogP contribution in [0.2, 0.25) is 0 Å². The highest BCUT2D eigenvalue weighted by Crippen LogP contribution is 2.22. The van der Waals surface area contributed by atoms with Crippen molar-refractivity contribution in [3.8, 4) is 6.07 Å². The van der Waals surface area contributed by atoms with Gasteiger partial charge in [0.15, 0.2) is 0 Å². The van der Waals surface area contributed by atoms with Gasteiger partial charge in [-0.15, -0.1) is 0 Å². The molecule has 1 aromatic rings. The highest BCUT2D eigenvalue weighted by Gasteiger charge is 2.26. The number of nitrogens with zero attached hydrogens (tertiary/aromatic N) is 3. The quantitative estimate of drug-likeness (QED) is 0.586. The molecule has 0 aliphatic heterocycles. The molecule has 0 fully saturated rings. The zero-order valence-corrected chi connectivity index (χ0v) is 12.0. The highest BCUT2D eigenvalue weighted by atomic mass is 32.2. The summed E-state index contributed by atoms with van der Waals surface area (Å²) in [6.45, 7) is 1.61. The van der Waals surface area contributed by atoms with Crippen molar-refractivity contribution < 1.29 is 13.3 Å². The SMILES string of the molecule is CC(CC#N)N(C)S(=O)(=O)Cc1ccccc1[N+](=O)[O-]. The largest absolute Gasteiger partial charge is 0.273 e. The van der Waals surface area contributed by atoms with Crippen LogP contribution in [0, 0.1) is 21.4 Å². The summed E-state index contributed by atoms with van der Waals surface area (Å²) in [7, 11) is -2.35. The summed E-state index contributed by atoms with van der Waals surface area (Å²) in [6, 6.07) is 7.14. The number of nitro groups is 1. The smallest absolute Gasteiger partial charge is 0.258 e. The molecule has 1 atom stereocenters. The molecule has 0 spiro atoms. The molecule has 0 aliphatic carbocycles. The Kier molecular flexibility index (Phi) is 5.19. The van der Waals surface area contributed by atoms with Crippen LogP contribution >= 0.6 is 0 Å². The van der Waals surface area contributed by atoms with Crippen molar-refractivity contribution in [1.82, 2.24) is 4.31 Å². The fourth-order valence-corrected chi connectivity index (χ4v) is 3.11. The molecule has 0 amide bonds.